The summed E-state index contributed by atoms with van der Waals surface area (Å²) < 4.78 is 5.13. The fourth-order valence-corrected chi connectivity index (χ4v) is 1.18. The number of nitrogens with one attached hydrogen (secondary N) is 1. The smallest absolute Gasteiger partial charge is 0.215 e. The Morgan fingerprint density at radius 3 is 2.64 bits per heavy atom. The number of rotatable bonds is 4. The van der Waals surface area contributed by atoms with E-state index >= 15 is 0 Å². The maximum Gasteiger partial charge on any atom is 0.215 e. The Morgan fingerprint density at radius 2 is 2.14 bits per heavy atom. The zero-order chi connectivity index (χ0) is 10.6. The quantitative estimate of drug-likeness (QED) is 0.773. The highest BCUT2D eigenvalue weighted by atomic mass is 16.5. The molecule has 4 nitrogen and oxygen atoms in total. The van der Waals surface area contributed by atoms with Gasteiger partial charge in [-0.3, -0.25) is 0 Å². The Hall–Kier alpha value is -1.29. The number of nitrogens with zero attached hydrogens (tertiary/aromatic N) is 2. The third-order valence-electron chi connectivity index (χ3n) is 1.90. The van der Waals surface area contributed by atoms with Crippen molar-refractivity contribution < 1.29 is 4.74 Å². The van der Waals surface area contributed by atoms with E-state index in [1.54, 1.807) is 7.11 Å². The Morgan fingerprint density at radius 1 is 1.43 bits per heavy atom. The molecule has 0 aliphatic carbocycles. The van der Waals surface area contributed by atoms with Crippen molar-refractivity contribution in [2.45, 2.75) is 6.54 Å². The van der Waals surface area contributed by atoms with Crippen LogP contribution in [0, 0.1) is 0 Å². The third-order valence-corrected chi connectivity index (χ3v) is 1.90. The number of pyridine rings is 1. The molecule has 1 rings (SSSR count). The minimum Gasteiger partial charge on any atom is -0.481 e. The third kappa shape index (κ3) is 2.60. The van der Waals surface area contributed by atoms with E-state index in [0.717, 1.165) is 12.4 Å². The van der Waals surface area contributed by atoms with Crippen molar-refractivity contribution in [2.24, 2.45) is 0 Å². The van der Waals surface area contributed by atoms with Gasteiger partial charge >= 0.3 is 0 Å². The zero-order valence-electron chi connectivity index (χ0n) is 9.16. The maximum atomic E-state index is 5.13. The van der Waals surface area contributed by atoms with Gasteiger partial charge in [0.25, 0.3) is 0 Å². The summed E-state index contributed by atoms with van der Waals surface area (Å²) in [6.45, 7) is 0.819. The molecule has 1 aromatic heterocycles. The van der Waals surface area contributed by atoms with Crippen LogP contribution >= 0.6 is 0 Å². The molecule has 1 heterocycles. The molecule has 0 aliphatic heterocycles. The molecule has 0 spiro atoms. The second-order valence-corrected chi connectivity index (χ2v) is 3.30. The van der Waals surface area contributed by atoms with Crippen molar-refractivity contribution in [2.75, 3.05) is 33.2 Å². The molecular formula is C10H17N3O. The lowest BCUT2D eigenvalue weighted by Gasteiger charge is -2.14. The van der Waals surface area contributed by atoms with Crippen molar-refractivity contribution in [3.8, 4) is 5.88 Å². The molecule has 0 saturated heterocycles. The SMILES string of the molecule is CNCc1cc(OC)nc(N(C)C)c1. The van der Waals surface area contributed by atoms with Gasteiger partial charge in [0.1, 0.15) is 5.82 Å². The minimum absolute atomic E-state index is 0.654. The van der Waals surface area contributed by atoms with Crippen LogP contribution in [0.3, 0.4) is 0 Å². The first-order valence-corrected chi connectivity index (χ1v) is 4.54. The van der Waals surface area contributed by atoms with Gasteiger partial charge in [-0.05, 0) is 18.7 Å². The van der Waals surface area contributed by atoms with E-state index in [0.29, 0.717) is 5.88 Å². The van der Waals surface area contributed by atoms with E-state index in [2.05, 4.69) is 10.3 Å². The first kappa shape index (κ1) is 10.8. The number of aromatic nitrogens is 1. The van der Waals surface area contributed by atoms with Crippen molar-refractivity contribution >= 4 is 5.82 Å². The Balaban J connectivity index is 3.00. The molecule has 0 radical (unpaired) electrons. The number of anilines is 1. The van der Waals surface area contributed by atoms with E-state index in [4.69, 9.17) is 4.74 Å². The normalized spacial score (nSPS) is 10.0. The van der Waals surface area contributed by atoms with Crippen LogP contribution in [0.25, 0.3) is 0 Å². The van der Waals surface area contributed by atoms with Gasteiger partial charge in [-0.25, -0.2) is 0 Å². The van der Waals surface area contributed by atoms with Gasteiger partial charge in [-0.15, -0.1) is 0 Å². The van der Waals surface area contributed by atoms with Crippen LogP contribution in [0.2, 0.25) is 0 Å². The van der Waals surface area contributed by atoms with Crippen LogP contribution in [0.5, 0.6) is 5.88 Å². The molecule has 4 heteroatoms. The van der Waals surface area contributed by atoms with Crippen LogP contribution in [-0.2, 0) is 6.54 Å². The number of ether oxygens (including phenoxy) is 1. The summed E-state index contributed by atoms with van der Waals surface area (Å²) in [5.41, 5.74) is 1.17. The van der Waals surface area contributed by atoms with E-state index in [1.165, 1.54) is 5.56 Å². The summed E-state index contributed by atoms with van der Waals surface area (Å²) in [4.78, 5) is 6.27. The van der Waals surface area contributed by atoms with Crippen molar-refractivity contribution in [3.05, 3.63) is 17.7 Å². The zero-order valence-corrected chi connectivity index (χ0v) is 9.16. The Bertz CT molecular complexity index is 299. The largest absolute Gasteiger partial charge is 0.481 e. The fourth-order valence-electron chi connectivity index (χ4n) is 1.18. The number of hydrogen-bond acceptors (Lipinski definition) is 4. The molecular weight excluding hydrogens is 178 g/mol. The van der Waals surface area contributed by atoms with Gasteiger partial charge in [0.05, 0.1) is 7.11 Å². The number of hydrogen-bond donors (Lipinski definition) is 1. The molecule has 0 aromatic carbocycles. The molecule has 0 atom stereocenters. The van der Waals surface area contributed by atoms with Gasteiger partial charge in [-0.2, -0.15) is 4.98 Å². The minimum atomic E-state index is 0.654. The average molecular weight is 195 g/mol. The van der Waals surface area contributed by atoms with Crippen LogP contribution in [0.4, 0.5) is 5.82 Å². The summed E-state index contributed by atoms with van der Waals surface area (Å²) >= 11 is 0. The molecule has 14 heavy (non-hydrogen) atoms. The lowest BCUT2D eigenvalue weighted by Crippen LogP contribution is -2.13. The molecule has 1 aromatic rings. The number of methoxy groups -OCH3 is 1. The van der Waals surface area contributed by atoms with Crippen LogP contribution in [-0.4, -0.2) is 33.2 Å². The summed E-state index contributed by atoms with van der Waals surface area (Å²) in [5.74, 6) is 1.57. The summed E-state index contributed by atoms with van der Waals surface area (Å²) in [6, 6.07) is 3.97. The molecule has 1 N–H and O–H groups in total. The van der Waals surface area contributed by atoms with E-state index < -0.39 is 0 Å². The first-order valence-electron chi connectivity index (χ1n) is 4.54. The summed E-state index contributed by atoms with van der Waals surface area (Å²) in [6.07, 6.45) is 0. The van der Waals surface area contributed by atoms with Gasteiger partial charge in [-0.1, -0.05) is 0 Å². The standard InChI is InChI=1S/C10H17N3O/c1-11-7-8-5-9(13(2)3)12-10(6-8)14-4/h5-6,11H,7H2,1-4H3. The van der Waals surface area contributed by atoms with Crippen LogP contribution in [0.1, 0.15) is 5.56 Å². The van der Waals surface area contributed by atoms with Crippen molar-refractivity contribution in [3.63, 3.8) is 0 Å². The highest BCUT2D eigenvalue weighted by Gasteiger charge is 2.03. The summed E-state index contributed by atoms with van der Waals surface area (Å²) in [5, 5.41) is 3.10. The second kappa shape index (κ2) is 4.81. The topological polar surface area (TPSA) is 37.4 Å². The lowest BCUT2D eigenvalue weighted by atomic mass is 10.2. The maximum absolute atomic E-state index is 5.13. The van der Waals surface area contributed by atoms with Crippen LogP contribution in [0.15, 0.2) is 12.1 Å². The first-order chi connectivity index (χ1) is 6.67. The highest BCUT2D eigenvalue weighted by molar-refractivity contribution is 5.42. The molecule has 0 fully saturated rings. The van der Waals surface area contributed by atoms with Gasteiger partial charge in [0.2, 0.25) is 5.88 Å². The summed E-state index contributed by atoms with van der Waals surface area (Å²) in [7, 11) is 7.48. The van der Waals surface area contributed by atoms with E-state index in [9.17, 15) is 0 Å². The molecule has 78 valence electrons. The van der Waals surface area contributed by atoms with Crippen LogP contribution < -0.4 is 15.0 Å². The fraction of sp³-hybridized carbons (Fsp3) is 0.500. The highest BCUT2D eigenvalue weighted by Crippen LogP contribution is 2.17. The van der Waals surface area contributed by atoms with E-state index in [1.807, 2.05) is 38.2 Å². The van der Waals surface area contributed by atoms with Gasteiger partial charge < -0.3 is 15.0 Å². The van der Waals surface area contributed by atoms with Gasteiger partial charge in [0, 0.05) is 26.7 Å². The molecule has 0 amide bonds. The molecule has 0 aliphatic rings. The van der Waals surface area contributed by atoms with Gasteiger partial charge in [0.15, 0.2) is 0 Å². The predicted molar refractivity (Wildman–Crippen MR) is 57.9 cm³/mol. The predicted octanol–water partition coefficient (Wildman–Crippen LogP) is 0.876. The second-order valence-electron chi connectivity index (χ2n) is 3.30. The van der Waals surface area contributed by atoms with E-state index in [-0.39, 0.29) is 0 Å². The molecule has 0 saturated carbocycles. The Kier molecular flexibility index (Phi) is 3.71. The monoisotopic (exact) mass is 195 g/mol. The molecule has 0 bridgehead atoms. The van der Waals surface area contributed by atoms with Crippen molar-refractivity contribution in [1.82, 2.24) is 10.3 Å². The lowest BCUT2D eigenvalue weighted by molar-refractivity contribution is 0.397. The van der Waals surface area contributed by atoms with Crippen molar-refractivity contribution in [1.29, 1.82) is 0 Å². The molecule has 0 unspecified atom stereocenters. The Labute approximate surface area is 84.9 Å². The average Bonchev–Trinajstić information content (AvgIpc) is 2.17.